The zero-order valence-electron chi connectivity index (χ0n) is 7.49. The highest BCUT2D eigenvalue weighted by Crippen LogP contribution is 2.21. The smallest absolute Gasteiger partial charge is 0.211 e. The highest BCUT2D eigenvalue weighted by atomic mass is 35.5. The van der Waals surface area contributed by atoms with Gasteiger partial charge in [-0.25, -0.2) is 4.79 Å². The molecule has 4 heteroatoms. The Kier molecular flexibility index (Phi) is 3.41. The van der Waals surface area contributed by atoms with Crippen LogP contribution in [0.1, 0.15) is 17.2 Å². The average molecular weight is 207 g/mol. The van der Waals surface area contributed by atoms with Crippen molar-refractivity contribution in [1.82, 2.24) is 0 Å². The second kappa shape index (κ2) is 4.57. The Balaban J connectivity index is 3.17. The number of aryl methyl sites for hydroxylation is 1. The highest BCUT2D eigenvalue weighted by Gasteiger charge is 2.09. The Hall–Kier alpha value is -1.62. The zero-order valence-corrected chi connectivity index (χ0v) is 8.25. The van der Waals surface area contributed by atoms with Gasteiger partial charge in [-0.3, -0.25) is 0 Å². The van der Waals surface area contributed by atoms with E-state index in [4.69, 9.17) is 16.9 Å². The van der Waals surface area contributed by atoms with Gasteiger partial charge < -0.3 is 0 Å². The fraction of sp³-hybridized carbons (Fsp3) is 0.200. The molecule has 0 bridgehead atoms. The van der Waals surface area contributed by atoms with Gasteiger partial charge in [0.1, 0.15) is 0 Å². The molecule has 1 aromatic rings. The summed E-state index contributed by atoms with van der Waals surface area (Å²) < 4.78 is 0. The third kappa shape index (κ3) is 2.43. The summed E-state index contributed by atoms with van der Waals surface area (Å²) in [7, 11) is 0. The van der Waals surface area contributed by atoms with E-state index in [1.54, 1.807) is 18.2 Å². The van der Waals surface area contributed by atoms with E-state index in [-0.39, 0.29) is 0 Å². The molecule has 0 amide bonds. The minimum atomic E-state index is -0.815. The molecule has 0 heterocycles. The van der Waals surface area contributed by atoms with Crippen LogP contribution in [0.2, 0.25) is 5.02 Å². The van der Waals surface area contributed by atoms with Crippen LogP contribution < -0.4 is 0 Å². The predicted molar refractivity (Wildman–Crippen MR) is 52.7 cm³/mol. The monoisotopic (exact) mass is 206 g/mol. The summed E-state index contributed by atoms with van der Waals surface area (Å²) in [5, 5.41) is 9.26. The largest absolute Gasteiger partial charge is 0.236 e. The number of nitriles is 1. The average Bonchev–Trinajstić information content (AvgIpc) is 2.12. The SMILES string of the molecule is Cc1cc(Cl)cc(C(C#N)N=C=O)c1. The van der Waals surface area contributed by atoms with E-state index in [0.29, 0.717) is 10.6 Å². The van der Waals surface area contributed by atoms with Crippen LogP contribution in [-0.4, -0.2) is 6.08 Å². The van der Waals surface area contributed by atoms with Crippen LogP contribution in [0.4, 0.5) is 0 Å². The molecule has 0 spiro atoms. The van der Waals surface area contributed by atoms with Crippen LogP contribution >= 0.6 is 11.6 Å². The second-order valence-electron chi connectivity index (χ2n) is 2.81. The van der Waals surface area contributed by atoms with Crippen molar-refractivity contribution in [1.29, 1.82) is 5.26 Å². The number of hydrogen-bond acceptors (Lipinski definition) is 3. The molecule has 0 aliphatic rings. The van der Waals surface area contributed by atoms with Gasteiger partial charge in [-0.2, -0.15) is 10.3 Å². The van der Waals surface area contributed by atoms with Gasteiger partial charge in [0.25, 0.3) is 0 Å². The third-order valence-electron chi connectivity index (χ3n) is 1.68. The molecule has 0 saturated carbocycles. The normalized spacial score (nSPS) is 11.2. The van der Waals surface area contributed by atoms with Gasteiger partial charge in [0.15, 0.2) is 6.04 Å². The molecular weight excluding hydrogens is 200 g/mol. The Labute approximate surface area is 86.6 Å². The van der Waals surface area contributed by atoms with Crippen molar-refractivity contribution in [3.8, 4) is 6.07 Å². The topological polar surface area (TPSA) is 53.2 Å². The van der Waals surface area contributed by atoms with Crippen LogP contribution in [0.15, 0.2) is 23.2 Å². The van der Waals surface area contributed by atoms with Crippen molar-refractivity contribution in [2.75, 3.05) is 0 Å². The highest BCUT2D eigenvalue weighted by molar-refractivity contribution is 6.30. The molecule has 0 radical (unpaired) electrons. The van der Waals surface area contributed by atoms with Gasteiger partial charge in [-0.1, -0.05) is 17.7 Å². The summed E-state index contributed by atoms with van der Waals surface area (Å²) in [5.74, 6) is 0. The summed E-state index contributed by atoms with van der Waals surface area (Å²) in [6.07, 6.45) is 1.37. The number of isocyanates is 1. The molecule has 1 aromatic carbocycles. The van der Waals surface area contributed by atoms with Crippen LogP contribution in [0.3, 0.4) is 0 Å². The molecule has 3 nitrogen and oxygen atoms in total. The molecule has 0 aliphatic heterocycles. The first-order valence-electron chi connectivity index (χ1n) is 3.91. The number of aliphatic imine (C=N–C) groups is 1. The fourth-order valence-electron chi connectivity index (χ4n) is 1.15. The summed E-state index contributed by atoms with van der Waals surface area (Å²) >= 11 is 5.80. The maximum atomic E-state index is 10.0. The molecule has 1 rings (SSSR count). The Morgan fingerprint density at radius 2 is 2.21 bits per heavy atom. The number of carbonyl (C=O) groups excluding carboxylic acids is 1. The molecule has 1 atom stereocenters. The summed E-state index contributed by atoms with van der Waals surface area (Å²) in [6.45, 7) is 1.86. The van der Waals surface area contributed by atoms with Gasteiger partial charge in [-0.15, -0.1) is 0 Å². The number of rotatable bonds is 2. The molecule has 14 heavy (non-hydrogen) atoms. The van der Waals surface area contributed by atoms with Crippen LogP contribution in [0, 0.1) is 18.3 Å². The molecule has 0 N–H and O–H groups in total. The summed E-state index contributed by atoms with van der Waals surface area (Å²) in [5.41, 5.74) is 1.54. The number of benzene rings is 1. The zero-order chi connectivity index (χ0) is 10.6. The Morgan fingerprint density at radius 3 is 2.71 bits per heavy atom. The summed E-state index contributed by atoms with van der Waals surface area (Å²) in [4.78, 5) is 13.4. The van der Waals surface area contributed by atoms with Crippen molar-refractivity contribution in [2.24, 2.45) is 4.99 Å². The maximum Gasteiger partial charge on any atom is 0.236 e. The molecule has 1 unspecified atom stereocenters. The fourth-order valence-corrected chi connectivity index (χ4v) is 1.45. The van der Waals surface area contributed by atoms with Gasteiger partial charge in [-0.05, 0) is 30.2 Å². The first kappa shape index (κ1) is 10.5. The van der Waals surface area contributed by atoms with Crippen molar-refractivity contribution in [2.45, 2.75) is 13.0 Å². The van der Waals surface area contributed by atoms with Crippen LogP contribution in [-0.2, 0) is 4.79 Å². The van der Waals surface area contributed by atoms with E-state index >= 15 is 0 Å². The first-order valence-corrected chi connectivity index (χ1v) is 4.29. The van der Waals surface area contributed by atoms with Gasteiger partial charge in [0.2, 0.25) is 6.08 Å². The van der Waals surface area contributed by atoms with E-state index < -0.39 is 6.04 Å². The number of nitrogens with zero attached hydrogens (tertiary/aromatic N) is 2. The lowest BCUT2D eigenvalue weighted by molar-refractivity contribution is 0.561. The van der Waals surface area contributed by atoms with E-state index in [2.05, 4.69) is 4.99 Å². The quantitative estimate of drug-likeness (QED) is 0.552. The maximum absolute atomic E-state index is 10.0. The molecule has 0 saturated heterocycles. The predicted octanol–water partition coefficient (Wildman–Crippen LogP) is 2.55. The number of hydrogen-bond donors (Lipinski definition) is 0. The van der Waals surface area contributed by atoms with Crippen molar-refractivity contribution < 1.29 is 4.79 Å². The van der Waals surface area contributed by atoms with Crippen molar-refractivity contribution >= 4 is 17.7 Å². The molecule has 0 aromatic heterocycles. The lowest BCUT2D eigenvalue weighted by Gasteiger charge is -2.04. The van der Waals surface area contributed by atoms with Gasteiger partial charge >= 0.3 is 0 Å². The molecule has 0 fully saturated rings. The first-order chi connectivity index (χ1) is 6.67. The van der Waals surface area contributed by atoms with Gasteiger partial charge in [0.05, 0.1) is 6.07 Å². The molecule has 0 aliphatic carbocycles. The second-order valence-corrected chi connectivity index (χ2v) is 3.25. The van der Waals surface area contributed by atoms with E-state index in [9.17, 15) is 4.79 Å². The minimum absolute atomic E-state index is 0.529. The standard InChI is InChI=1S/C10H7ClN2O/c1-7-2-8(4-9(11)3-7)10(5-12)13-6-14/h2-4,10H,1H3. The van der Waals surface area contributed by atoms with Gasteiger partial charge in [0, 0.05) is 5.02 Å². The van der Waals surface area contributed by atoms with Crippen LogP contribution in [0.25, 0.3) is 0 Å². The van der Waals surface area contributed by atoms with E-state index in [0.717, 1.165) is 5.56 Å². The van der Waals surface area contributed by atoms with Crippen molar-refractivity contribution in [3.63, 3.8) is 0 Å². The third-order valence-corrected chi connectivity index (χ3v) is 1.90. The minimum Gasteiger partial charge on any atom is -0.211 e. The van der Waals surface area contributed by atoms with Crippen molar-refractivity contribution in [3.05, 3.63) is 34.3 Å². The van der Waals surface area contributed by atoms with E-state index in [1.165, 1.54) is 6.08 Å². The Bertz CT molecular complexity index is 410. The summed E-state index contributed by atoms with van der Waals surface area (Å²) in [6, 6.07) is 6.22. The number of halogens is 1. The van der Waals surface area contributed by atoms with Crippen LogP contribution in [0.5, 0.6) is 0 Å². The molecular formula is C10H7ClN2O. The van der Waals surface area contributed by atoms with E-state index in [1.807, 2.05) is 13.0 Å². The lowest BCUT2D eigenvalue weighted by Crippen LogP contribution is -1.92. The molecule has 70 valence electrons. The Morgan fingerprint density at radius 1 is 1.50 bits per heavy atom. The lowest BCUT2D eigenvalue weighted by atomic mass is 10.1.